The van der Waals surface area contributed by atoms with Gasteiger partial charge < -0.3 is 0 Å². The van der Waals surface area contributed by atoms with Crippen LogP contribution in [0.2, 0.25) is 0 Å². The zero-order valence-electron chi connectivity index (χ0n) is 11.2. The molecule has 4 heteroatoms. The molecule has 0 fully saturated rings. The fourth-order valence-corrected chi connectivity index (χ4v) is 2.93. The van der Waals surface area contributed by atoms with Crippen LogP contribution in [0, 0.1) is 0 Å². The van der Waals surface area contributed by atoms with Gasteiger partial charge in [-0.05, 0) is 29.8 Å². The maximum Gasteiger partial charge on any atom is 0.119 e. The van der Waals surface area contributed by atoms with E-state index in [4.69, 9.17) is 0 Å². The lowest BCUT2D eigenvalue weighted by molar-refractivity contribution is 0.935. The van der Waals surface area contributed by atoms with Gasteiger partial charge in [0.15, 0.2) is 0 Å². The number of hydrogen-bond donors (Lipinski definition) is 0. The summed E-state index contributed by atoms with van der Waals surface area (Å²) in [6.45, 7) is 0. The molecule has 0 spiro atoms. The summed E-state index contributed by atoms with van der Waals surface area (Å²) in [4.78, 5) is 0. The Morgan fingerprint density at radius 1 is 0.810 bits per heavy atom. The van der Waals surface area contributed by atoms with Crippen molar-refractivity contribution in [3.8, 4) is 11.3 Å². The van der Waals surface area contributed by atoms with Gasteiger partial charge in [-0.3, -0.25) is 0 Å². The highest BCUT2D eigenvalue weighted by atomic mass is 79.9. The molecule has 0 saturated carbocycles. The Morgan fingerprint density at radius 2 is 1.57 bits per heavy atom. The molecular formula is C17H13BrN2S. The van der Waals surface area contributed by atoms with E-state index in [-0.39, 0.29) is 0 Å². The van der Waals surface area contributed by atoms with E-state index >= 15 is 0 Å². The minimum Gasteiger partial charge on any atom is -0.149 e. The van der Waals surface area contributed by atoms with Crippen LogP contribution in [0.25, 0.3) is 11.3 Å². The molecular weight excluding hydrogens is 344 g/mol. The predicted molar refractivity (Wildman–Crippen MR) is 91.2 cm³/mol. The quantitative estimate of drug-likeness (QED) is 0.601. The van der Waals surface area contributed by atoms with E-state index < -0.39 is 0 Å². The molecule has 2 aromatic carbocycles. The molecule has 3 aromatic rings. The number of benzene rings is 2. The lowest BCUT2D eigenvalue weighted by atomic mass is 10.1. The van der Waals surface area contributed by atoms with Crippen molar-refractivity contribution >= 4 is 27.7 Å². The Hall–Kier alpha value is -1.65. The molecule has 0 aliphatic heterocycles. The Morgan fingerprint density at radius 3 is 2.24 bits per heavy atom. The van der Waals surface area contributed by atoms with Crippen LogP contribution in [0.4, 0.5) is 0 Å². The average molecular weight is 357 g/mol. The lowest BCUT2D eigenvalue weighted by Crippen LogP contribution is -1.89. The third-order valence-corrected chi connectivity index (χ3v) is 4.53. The molecule has 2 nitrogen and oxygen atoms in total. The molecule has 0 saturated heterocycles. The second-order valence-electron chi connectivity index (χ2n) is 4.54. The van der Waals surface area contributed by atoms with Crippen LogP contribution in [-0.2, 0) is 5.75 Å². The highest BCUT2D eigenvalue weighted by Gasteiger charge is 2.02. The largest absolute Gasteiger partial charge is 0.149 e. The summed E-state index contributed by atoms with van der Waals surface area (Å²) >= 11 is 5.14. The SMILES string of the molecule is Brc1ccc(CSc2ccc(-c3ccccc3)nn2)cc1. The number of hydrogen-bond acceptors (Lipinski definition) is 3. The molecule has 3 rings (SSSR count). The van der Waals surface area contributed by atoms with Crippen molar-refractivity contribution in [3.63, 3.8) is 0 Å². The standard InChI is InChI=1S/C17H13BrN2S/c18-15-8-6-13(7-9-15)12-21-17-11-10-16(19-20-17)14-4-2-1-3-5-14/h1-11H,12H2. The van der Waals surface area contributed by atoms with E-state index in [1.807, 2.05) is 42.5 Å². The molecule has 0 aliphatic carbocycles. The van der Waals surface area contributed by atoms with Crippen LogP contribution < -0.4 is 0 Å². The number of rotatable bonds is 4. The molecule has 0 atom stereocenters. The van der Waals surface area contributed by atoms with Crippen molar-refractivity contribution in [2.75, 3.05) is 0 Å². The number of thioether (sulfide) groups is 1. The summed E-state index contributed by atoms with van der Waals surface area (Å²) in [6.07, 6.45) is 0. The van der Waals surface area contributed by atoms with Crippen LogP contribution in [-0.4, -0.2) is 10.2 Å². The van der Waals surface area contributed by atoms with E-state index in [1.54, 1.807) is 11.8 Å². The van der Waals surface area contributed by atoms with Crippen molar-refractivity contribution < 1.29 is 0 Å². The fourth-order valence-electron chi connectivity index (χ4n) is 1.90. The van der Waals surface area contributed by atoms with Gasteiger partial charge in [-0.15, -0.1) is 10.2 Å². The average Bonchev–Trinajstić information content (AvgIpc) is 2.56. The normalized spacial score (nSPS) is 10.5. The van der Waals surface area contributed by atoms with E-state index in [9.17, 15) is 0 Å². The third-order valence-electron chi connectivity index (χ3n) is 3.01. The fraction of sp³-hybridized carbons (Fsp3) is 0.0588. The highest BCUT2D eigenvalue weighted by molar-refractivity contribution is 9.10. The summed E-state index contributed by atoms with van der Waals surface area (Å²) in [6, 6.07) is 22.5. The topological polar surface area (TPSA) is 25.8 Å². The Kier molecular flexibility index (Phi) is 4.68. The molecule has 0 bridgehead atoms. The molecule has 1 heterocycles. The highest BCUT2D eigenvalue weighted by Crippen LogP contribution is 2.23. The zero-order valence-corrected chi connectivity index (χ0v) is 13.6. The predicted octanol–water partition coefficient (Wildman–Crippen LogP) is 5.20. The van der Waals surface area contributed by atoms with Gasteiger partial charge in [-0.2, -0.15) is 0 Å². The number of halogens is 1. The minimum absolute atomic E-state index is 0.895. The minimum atomic E-state index is 0.895. The molecule has 104 valence electrons. The summed E-state index contributed by atoms with van der Waals surface area (Å²) in [5, 5.41) is 9.53. The first-order valence-electron chi connectivity index (χ1n) is 6.58. The molecule has 21 heavy (non-hydrogen) atoms. The molecule has 0 radical (unpaired) electrons. The van der Waals surface area contributed by atoms with Crippen molar-refractivity contribution in [3.05, 3.63) is 76.8 Å². The summed E-state index contributed by atoms with van der Waals surface area (Å²) in [7, 11) is 0. The summed E-state index contributed by atoms with van der Waals surface area (Å²) < 4.78 is 1.10. The van der Waals surface area contributed by atoms with Crippen molar-refractivity contribution in [2.24, 2.45) is 0 Å². The monoisotopic (exact) mass is 356 g/mol. The van der Waals surface area contributed by atoms with Gasteiger partial charge in [-0.1, -0.05) is 70.2 Å². The van der Waals surface area contributed by atoms with Gasteiger partial charge in [0.2, 0.25) is 0 Å². The molecule has 0 N–H and O–H groups in total. The van der Waals surface area contributed by atoms with Gasteiger partial charge in [0.05, 0.1) is 5.69 Å². The third kappa shape index (κ3) is 3.93. The Labute approximate surface area is 136 Å². The first-order valence-corrected chi connectivity index (χ1v) is 8.35. The second-order valence-corrected chi connectivity index (χ2v) is 6.45. The van der Waals surface area contributed by atoms with E-state index in [1.165, 1.54) is 5.56 Å². The summed E-state index contributed by atoms with van der Waals surface area (Å²) in [5.74, 6) is 0.895. The van der Waals surface area contributed by atoms with Gasteiger partial charge in [0.25, 0.3) is 0 Å². The van der Waals surface area contributed by atoms with Crippen molar-refractivity contribution in [1.29, 1.82) is 0 Å². The van der Waals surface area contributed by atoms with Crippen LogP contribution >= 0.6 is 27.7 Å². The van der Waals surface area contributed by atoms with E-state index in [0.717, 1.165) is 26.5 Å². The smallest absolute Gasteiger partial charge is 0.119 e. The Bertz CT molecular complexity index is 697. The van der Waals surface area contributed by atoms with Gasteiger partial charge in [0.1, 0.15) is 5.03 Å². The van der Waals surface area contributed by atoms with E-state index in [2.05, 4.69) is 50.4 Å². The number of aromatic nitrogens is 2. The lowest BCUT2D eigenvalue weighted by Gasteiger charge is -2.03. The molecule has 0 amide bonds. The van der Waals surface area contributed by atoms with Gasteiger partial charge in [-0.25, -0.2) is 0 Å². The second kappa shape index (κ2) is 6.87. The number of nitrogens with zero attached hydrogens (tertiary/aromatic N) is 2. The van der Waals surface area contributed by atoms with Crippen LogP contribution in [0.15, 0.2) is 76.2 Å². The summed E-state index contributed by atoms with van der Waals surface area (Å²) in [5.41, 5.74) is 3.27. The van der Waals surface area contributed by atoms with E-state index in [0.29, 0.717) is 0 Å². The van der Waals surface area contributed by atoms with Gasteiger partial charge in [0, 0.05) is 15.8 Å². The molecule has 0 aliphatic rings. The van der Waals surface area contributed by atoms with Crippen LogP contribution in [0.5, 0.6) is 0 Å². The Balaban J connectivity index is 1.66. The molecule has 1 aromatic heterocycles. The van der Waals surface area contributed by atoms with Crippen molar-refractivity contribution in [2.45, 2.75) is 10.8 Å². The van der Waals surface area contributed by atoms with Crippen LogP contribution in [0.3, 0.4) is 0 Å². The first-order chi connectivity index (χ1) is 10.3. The van der Waals surface area contributed by atoms with Gasteiger partial charge >= 0.3 is 0 Å². The first kappa shape index (κ1) is 14.3. The molecule has 0 unspecified atom stereocenters. The zero-order chi connectivity index (χ0) is 14.5. The maximum atomic E-state index is 4.30. The maximum absolute atomic E-state index is 4.30. The van der Waals surface area contributed by atoms with Crippen molar-refractivity contribution in [1.82, 2.24) is 10.2 Å². The van der Waals surface area contributed by atoms with Crippen LogP contribution in [0.1, 0.15) is 5.56 Å².